The third-order valence-corrected chi connectivity index (χ3v) is 4.01. The highest BCUT2D eigenvalue weighted by Crippen LogP contribution is 2.30. The van der Waals surface area contributed by atoms with Crippen molar-refractivity contribution < 1.29 is 5.11 Å². The summed E-state index contributed by atoms with van der Waals surface area (Å²) in [6.45, 7) is 2.18. The van der Waals surface area contributed by atoms with E-state index in [2.05, 4.69) is 14.9 Å². The summed E-state index contributed by atoms with van der Waals surface area (Å²) in [7, 11) is 0. The monoisotopic (exact) mass is 235 g/mol. The molecule has 1 N–H and O–H groups in total. The molecule has 1 aliphatic heterocycles. The highest BCUT2D eigenvalue weighted by Gasteiger charge is 2.24. The number of pyridine rings is 1. The Kier molecular flexibility index (Phi) is 2.49. The second-order valence-electron chi connectivity index (χ2n) is 4.11. The number of nitrogens with zero attached hydrogens (tertiary/aromatic N) is 3. The van der Waals surface area contributed by atoms with Crippen LogP contribution in [-0.4, -0.2) is 34.8 Å². The van der Waals surface area contributed by atoms with E-state index in [1.165, 1.54) is 0 Å². The molecule has 0 radical (unpaired) electrons. The summed E-state index contributed by atoms with van der Waals surface area (Å²) in [6.07, 6.45) is 2.85. The van der Waals surface area contributed by atoms with Gasteiger partial charge in [-0.25, -0.2) is 9.97 Å². The molecular weight excluding hydrogens is 222 g/mol. The van der Waals surface area contributed by atoms with Gasteiger partial charge in [0.2, 0.25) is 0 Å². The molecule has 0 saturated carbocycles. The highest BCUT2D eigenvalue weighted by atomic mass is 32.1. The van der Waals surface area contributed by atoms with Crippen molar-refractivity contribution in [2.24, 2.45) is 5.92 Å². The van der Waals surface area contributed by atoms with Crippen LogP contribution in [0, 0.1) is 5.92 Å². The molecule has 0 bridgehead atoms. The van der Waals surface area contributed by atoms with E-state index < -0.39 is 0 Å². The number of aliphatic hydroxyl groups is 1. The molecule has 2 aromatic heterocycles. The standard InChI is InChI=1S/C11H13N3OS/c15-7-8-3-5-14(6-8)11-13-9-2-1-4-12-10(9)16-11/h1-2,4,8,15H,3,5-7H2. The summed E-state index contributed by atoms with van der Waals surface area (Å²) in [5, 5.41) is 10.1. The van der Waals surface area contributed by atoms with E-state index in [-0.39, 0.29) is 6.61 Å². The zero-order chi connectivity index (χ0) is 11.0. The summed E-state index contributed by atoms with van der Waals surface area (Å²) in [6, 6.07) is 3.90. The number of anilines is 1. The van der Waals surface area contributed by atoms with Gasteiger partial charge in [0.05, 0.1) is 0 Å². The van der Waals surface area contributed by atoms with E-state index in [0.717, 1.165) is 35.0 Å². The van der Waals surface area contributed by atoms with Gasteiger partial charge in [-0.2, -0.15) is 0 Å². The smallest absolute Gasteiger partial charge is 0.187 e. The van der Waals surface area contributed by atoms with Gasteiger partial charge in [-0.3, -0.25) is 0 Å². The molecule has 5 heteroatoms. The Morgan fingerprint density at radius 3 is 3.25 bits per heavy atom. The lowest BCUT2D eigenvalue weighted by molar-refractivity contribution is 0.238. The fourth-order valence-electron chi connectivity index (χ4n) is 2.05. The number of aliphatic hydroxyl groups excluding tert-OH is 1. The first-order valence-electron chi connectivity index (χ1n) is 5.44. The molecular formula is C11H13N3OS. The zero-order valence-corrected chi connectivity index (χ0v) is 9.65. The molecule has 1 atom stereocenters. The number of hydrogen-bond acceptors (Lipinski definition) is 5. The molecule has 2 aromatic rings. The molecule has 0 spiro atoms. The summed E-state index contributed by atoms with van der Waals surface area (Å²) < 4.78 is 0. The van der Waals surface area contributed by atoms with Crippen LogP contribution >= 0.6 is 11.3 Å². The SMILES string of the molecule is OCC1CCN(c2nc3cccnc3s2)C1. The first-order chi connectivity index (χ1) is 7.86. The maximum atomic E-state index is 9.11. The molecule has 3 rings (SSSR count). The van der Waals surface area contributed by atoms with Gasteiger partial charge >= 0.3 is 0 Å². The van der Waals surface area contributed by atoms with Crippen molar-refractivity contribution in [1.29, 1.82) is 0 Å². The molecule has 1 aliphatic rings. The van der Waals surface area contributed by atoms with E-state index in [1.54, 1.807) is 17.5 Å². The number of aromatic nitrogens is 2. The molecule has 0 amide bonds. The van der Waals surface area contributed by atoms with Crippen LogP contribution in [0.2, 0.25) is 0 Å². The van der Waals surface area contributed by atoms with Crippen LogP contribution in [0.25, 0.3) is 10.3 Å². The number of hydrogen-bond donors (Lipinski definition) is 1. The second kappa shape index (κ2) is 3.99. The van der Waals surface area contributed by atoms with Gasteiger partial charge in [0.1, 0.15) is 10.3 Å². The van der Waals surface area contributed by atoms with E-state index in [1.807, 2.05) is 12.1 Å². The van der Waals surface area contributed by atoms with Gasteiger partial charge in [0.15, 0.2) is 5.13 Å². The third kappa shape index (κ3) is 1.66. The van der Waals surface area contributed by atoms with Crippen LogP contribution in [0.1, 0.15) is 6.42 Å². The lowest BCUT2D eigenvalue weighted by Gasteiger charge is -2.13. The van der Waals surface area contributed by atoms with Crippen molar-refractivity contribution >= 4 is 26.8 Å². The minimum atomic E-state index is 0.277. The summed E-state index contributed by atoms with van der Waals surface area (Å²) in [5.41, 5.74) is 0.968. The molecule has 0 aromatic carbocycles. The van der Waals surface area contributed by atoms with E-state index in [4.69, 9.17) is 5.11 Å². The largest absolute Gasteiger partial charge is 0.396 e. The maximum absolute atomic E-state index is 9.11. The van der Waals surface area contributed by atoms with Crippen LogP contribution < -0.4 is 4.90 Å². The quantitative estimate of drug-likeness (QED) is 0.857. The fourth-order valence-corrected chi connectivity index (χ4v) is 2.99. The normalized spacial score (nSPS) is 20.8. The minimum Gasteiger partial charge on any atom is -0.396 e. The van der Waals surface area contributed by atoms with Crippen molar-refractivity contribution in [3.8, 4) is 0 Å². The number of fused-ring (bicyclic) bond motifs is 1. The topological polar surface area (TPSA) is 49.2 Å². The molecule has 0 aliphatic carbocycles. The number of thiazole rings is 1. The fraction of sp³-hybridized carbons (Fsp3) is 0.455. The van der Waals surface area contributed by atoms with E-state index in [9.17, 15) is 0 Å². The Bertz CT molecular complexity index is 466. The second-order valence-corrected chi connectivity index (χ2v) is 5.06. The average Bonchev–Trinajstić information content (AvgIpc) is 2.95. The van der Waals surface area contributed by atoms with Crippen molar-refractivity contribution in [2.45, 2.75) is 6.42 Å². The van der Waals surface area contributed by atoms with Gasteiger partial charge in [-0.15, -0.1) is 0 Å². The van der Waals surface area contributed by atoms with Crippen molar-refractivity contribution in [2.75, 3.05) is 24.6 Å². The minimum absolute atomic E-state index is 0.277. The van der Waals surface area contributed by atoms with Gasteiger partial charge in [0, 0.05) is 31.8 Å². The molecule has 4 nitrogen and oxygen atoms in total. The van der Waals surface area contributed by atoms with Gasteiger partial charge in [-0.05, 0) is 18.6 Å². The summed E-state index contributed by atoms with van der Waals surface area (Å²) >= 11 is 1.63. The average molecular weight is 235 g/mol. The first-order valence-corrected chi connectivity index (χ1v) is 6.26. The van der Waals surface area contributed by atoms with Crippen LogP contribution in [0.15, 0.2) is 18.3 Å². The van der Waals surface area contributed by atoms with E-state index in [0.29, 0.717) is 5.92 Å². The van der Waals surface area contributed by atoms with Crippen LogP contribution in [-0.2, 0) is 0 Å². The highest BCUT2D eigenvalue weighted by molar-refractivity contribution is 7.21. The molecule has 16 heavy (non-hydrogen) atoms. The third-order valence-electron chi connectivity index (χ3n) is 2.97. The number of rotatable bonds is 2. The Labute approximate surface area is 97.6 Å². The Hall–Kier alpha value is -1.20. The first kappa shape index (κ1) is 9.99. The molecule has 1 fully saturated rings. The predicted octanol–water partition coefficient (Wildman–Crippen LogP) is 1.51. The Morgan fingerprint density at radius 2 is 2.50 bits per heavy atom. The Balaban J connectivity index is 1.89. The van der Waals surface area contributed by atoms with Crippen LogP contribution in [0.5, 0.6) is 0 Å². The van der Waals surface area contributed by atoms with Crippen molar-refractivity contribution in [3.63, 3.8) is 0 Å². The van der Waals surface area contributed by atoms with Gasteiger partial charge in [0.25, 0.3) is 0 Å². The lowest BCUT2D eigenvalue weighted by Crippen LogP contribution is -2.20. The maximum Gasteiger partial charge on any atom is 0.187 e. The van der Waals surface area contributed by atoms with Gasteiger partial charge < -0.3 is 10.0 Å². The summed E-state index contributed by atoms with van der Waals surface area (Å²) in [5.74, 6) is 0.403. The van der Waals surface area contributed by atoms with Crippen LogP contribution in [0.3, 0.4) is 0 Å². The summed E-state index contributed by atoms with van der Waals surface area (Å²) in [4.78, 5) is 12.1. The van der Waals surface area contributed by atoms with E-state index >= 15 is 0 Å². The lowest BCUT2D eigenvalue weighted by atomic mass is 10.1. The van der Waals surface area contributed by atoms with Crippen molar-refractivity contribution in [1.82, 2.24) is 9.97 Å². The van der Waals surface area contributed by atoms with Gasteiger partial charge in [-0.1, -0.05) is 11.3 Å². The molecule has 84 valence electrons. The molecule has 1 saturated heterocycles. The molecule has 1 unspecified atom stereocenters. The Morgan fingerprint density at radius 1 is 1.56 bits per heavy atom. The van der Waals surface area contributed by atoms with Crippen molar-refractivity contribution in [3.05, 3.63) is 18.3 Å². The predicted molar refractivity (Wildman–Crippen MR) is 64.8 cm³/mol. The zero-order valence-electron chi connectivity index (χ0n) is 8.83. The molecule has 3 heterocycles. The van der Waals surface area contributed by atoms with Crippen LogP contribution in [0.4, 0.5) is 5.13 Å².